The van der Waals surface area contributed by atoms with Gasteiger partial charge in [0.25, 0.3) is 0 Å². The fraction of sp³-hybridized carbons (Fsp3) is 0.519. The van der Waals surface area contributed by atoms with E-state index in [1.54, 1.807) is 12.1 Å². The first-order valence-corrected chi connectivity index (χ1v) is 12.3. The first-order chi connectivity index (χ1) is 18.1. The largest absolute Gasteiger partial charge is 0.493 e. The number of rotatable bonds is 7. The third-order valence-electron chi connectivity index (χ3n) is 6.65. The van der Waals surface area contributed by atoms with Crippen LogP contribution < -0.4 is 14.4 Å². The summed E-state index contributed by atoms with van der Waals surface area (Å²) in [5.74, 6) is 1.08. The number of methoxy groups -OCH3 is 3. The van der Waals surface area contributed by atoms with Gasteiger partial charge in [-0.05, 0) is 49.1 Å². The molecule has 12 heteroatoms. The average Bonchev–Trinajstić information content (AvgIpc) is 2.86. The molecule has 6 nitrogen and oxygen atoms in total. The summed E-state index contributed by atoms with van der Waals surface area (Å²) in [5, 5.41) is 0. The molecule has 2 aromatic carbocycles. The van der Waals surface area contributed by atoms with E-state index in [2.05, 4.69) is 4.90 Å². The minimum atomic E-state index is -5.01. The average molecular weight is 563 g/mol. The van der Waals surface area contributed by atoms with Gasteiger partial charge in [-0.15, -0.1) is 0 Å². The zero-order valence-electron chi connectivity index (χ0n) is 22.5. The van der Waals surface area contributed by atoms with Gasteiger partial charge in [-0.25, -0.2) is 4.79 Å². The predicted molar refractivity (Wildman–Crippen MR) is 133 cm³/mol. The quantitative estimate of drug-likeness (QED) is 0.332. The summed E-state index contributed by atoms with van der Waals surface area (Å²) in [7, 11) is 4.03. The lowest BCUT2D eigenvalue weighted by atomic mass is 9.89. The van der Waals surface area contributed by atoms with Crippen LogP contribution in [-0.2, 0) is 23.6 Å². The van der Waals surface area contributed by atoms with Gasteiger partial charge in [0, 0.05) is 36.4 Å². The number of halogens is 6. The summed E-state index contributed by atoms with van der Waals surface area (Å²) in [6, 6.07) is 3.88. The van der Waals surface area contributed by atoms with Gasteiger partial charge in [-0.1, -0.05) is 13.8 Å². The van der Waals surface area contributed by atoms with Crippen LogP contribution in [0.1, 0.15) is 55.5 Å². The Morgan fingerprint density at radius 2 is 1.49 bits per heavy atom. The fourth-order valence-corrected chi connectivity index (χ4v) is 4.91. The number of hydrogen-bond acceptors (Lipinski definition) is 5. The monoisotopic (exact) mass is 562 g/mol. The van der Waals surface area contributed by atoms with Crippen molar-refractivity contribution in [2.45, 2.75) is 58.2 Å². The van der Waals surface area contributed by atoms with Crippen molar-refractivity contribution in [2.24, 2.45) is 5.92 Å². The molecule has 1 heterocycles. The maximum atomic E-state index is 13.5. The number of ether oxygens (including phenoxy) is 3. The highest BCUT2D eigenvalue weighted by Gasteiger charge is 2.40. The molecule has 3 rings (SSSR count). The van der Waals surface area contributed by atoms with E-state index in [0.29, 0.717) is 42.2 Å². The van der Waals surface area contributed by atoms with Crippen LogP contribution in [0.15, 0.2) is 30.3 Å². The van der Waals surface area contributed by atoms with Crippen molar-refractivity contribution >= 4 is 11.8 Å². The van der Waals surface area contributed by atoms with Gasteiger partial charge in [0.05, 0.1) is 38.5 Å². The third kappa shape index (κ3) is 6.65. The molecule has 0 saturated heterocycles. The molecule has 1 aliphatic rings. The Morgan fingerprint density at radius 1 is 0.949 bits per heavy atom. The Morgan fingerprint density at radius 3 is 1.95 bits per heavy atom. The predicted octanol–water partition coefficient (Wildman–Crippen LogP) is 7.31. The molecule has 2 atom stereocenters. The second-order valence-electron chi connectivity index (χ2n) is 9.92. The number of amides is 1. The van der Waals surface area contributed by atoms with Crippen molar-refractivity contribution in [3.8, 4) is 11.5 Å². The SMILES string of the molecule is COC(=O)N(Cc1cc(C(F)(F)F)cc(C(F)(F)F)c1)[C@H]1C[C@@H](C)N(CC(C)C)c2cc(OC)c(OC)cc21. The summed E-state index contributed by atoms with van der Waals surface area (Å²) in [6.45, 7) is 6.15. The van der Waals surface area contributed by atoms with Crippen LogP contribution in [0, 0.1) is 5.92 Å². The summed E-state index contributed by atoms with van der Waals surface area (Å²) in [5.41, 5.74) is -1.91. The number of anilines is 1. The van der Waals surface area contributed by atoms with Crippen LogP contribution in [0.4, 0.5) is 36.8 Å². The molecule has 0 N–H and O–H groups in total. The number of benzene rings is 2. The van der Waals surface area contributed by atoms with Crippen LogP contribution in [0.25, 0.3) is 0 Å². The molecular weight excluding hydrogens is 530 g/mol. The molecule has 0 fully saturated rings. The fourth-order valence-electron chi connectivity index (χ4n) is 4.91. The van der Waals surface area contributed by atoms with E-state index in [4.69, 9.17) is 14.2 Å². The van der Waals surface area contributed by atoms with Gasteiger partial charge >= 0.3 is 18.4 Å². The molecule has 0 radical (unpaired) electrons. The number of nitrogens with zero attached hydrogens (tertiary/aromatic N) is 2. The molecule has 216 valence electrons. The summed E-state index contributed by atoms with van der Waals surface area (Å²) in [4.78, 5) is 16.3. The highest BCUT2D eigenvalue weighted by Crippen LogP contribution is 2.47. The molecule has 0 aliphatic carbocycles. The van der Waals surface area contributed by atoms with E-state index in [-0.39, 0.29) is 23.6 Å². The number of carbonyl (C=O) groups excluding carboxylic acids is 1. The minimum Gasteiger partial charge on any atom is -0.493 e. The van der Waals surface area contributed by atoms with E-state index >= 15 is 0 Å². The van der Waals surface area contributed by atoms with Crippen LogP contribution in [0.5, 0.6) is 11.5 Å². The molecule has 0 saturated carbocycles. The number of fused-ring (bicyclic) bond motifs is 1. The highest BCUT2D eigenvalue weighted by molar-refractivity contribution is 5.71. The molecule has 1 amide bonds. The van der Waals surface area contributed by atoms with Crippen molar-refractivity contribution in [1.82, 2.24) is 4.90 Å². The van der Waals surface area contributed by atoms with E-state index in [1.807, 2.05) is 20.8 Å². The van der Waals surface area contributed by atoms with E-state index in [9.17, 15) is 31.1 Å². The lowest BCUT2D eigenvalue weighted by Crippen LogP contribution is -2.46. The van der Waals surface area contributed by atoms with E-state index < -0.39 is 42.2 Å². The van der Waals surface area contributed by atoms with Crippen molar-refractivity contribution in [1.29, 1.82) is 0 Å². The Bertz CT molecular complexity index is 1150. The molecule has 0 bridgehead atoms. The molecule has 0 unspecified atom stereocenters. The molecule has 1 aliphatic heterocycles. The Labute approximate surface area is 223 Å². The van der Waals surface area contributed by atoms with Crippen molar-refractivity contribution in [3.63, 3.8) is 0 Å². The summed E-state index contributed by atoms with van der Waals surface area (Å²) < 4.78 is 96.9. The minimum absolute atomic E-state index is 0.0604. The van der Waals surface area contributed by atoms with Crippen LogP contribution in [-0.4, -0.2) is 44.9 Å². The van der Waals surface area contributed by atoms with E-state index in [0.717, 1.165) is 17.7 Å². The van der Waals surface area contributed by atoms with Crippen LogP contribution >= 0.6 is 0 Å². The maximum absolute atomic E-state index is 13.5. The second kappa shape index (κ2) is 11.4. The zero-order valence-corrected chi connectivity index (χ0v) is 22.5. The molecule has 0 spiro atoms. The van der Waals surface area contributed by atoms with Gasteiger partial charge in [0.15, 0.2) is 11.5 Å². The molecule has 2 aromatic rings. The van der Waals surface area contributed by atoms with Crippen molar-refractivity contribution < 1.29 is 45.3 Å². The standard InChI is InChI=1S/C27H32F6N2O4/c1-15(2)13-34-16(3)7-21(20-11-23(37-4)24(38-5)12-22(20)34)35(25(36)39-6)14-17-8-18(26(28,29)30)10-19(9-17)27(31,32)33/h8-12,15-16,21H,7,13-14H2,1-6H3/t16-,21+/m1/s1. The molecular formula is C27H32F6N2O4. The molecule has 39 heavy (non-hydrogen) atoms. The lowest BCUT2D eigenvalue weighted by molar-refractivity contribution is -0.143. The van der Waals surface area contributed by atoms with Gasteiger partial charge in [0.1, 0.15) is 0 Å². The normalized spacial score (nSPS) is 17.6. The maximum Gasteiger partial charge on any atom is 0.416 e. The van der Waals surface area contributed by atoms with Gasteiger partial charge in [0.2, 0.25) is 0 Å². The Balaban J connectivity index is 2.18. The lowest BCUT2D eigenvalue weighted by Gasteiger charge is -2.45. The second-order valence-corrected chi connectivity index (χ2v) is 9.92. The highest BCUT2D eigenvalue weighted by atomic mass is 19.4. The summed E-state index contributed by atoms with van der Waals surface area (Å²) >= 11 is 0. The van der Waals surface area contributed by atoms with Gasteiger partial charge in [-0.2, -0.15) is 26.3 Å². The first-order valence-electron chi connectivity index (χ1n) is 12.3. The number of hydrogen-bond donors (Lipinski definition) is 0. The van der Waals surface area contributed by atoms with Crippen molar-refractivity contribution in [2.75, 3.05) is 32.8 Å². The smallest absolute Gasteiger partial charge is 0.416 e. The number of alkyl halides is 6. The van der Waals surface area contributed by atoms with Gasteiger partial charge < -0.3 is 19.1 Å². The van der Waals surface area contributed by atoms with E-state index in [1.165, 1.54) is 14.2 Å². The topological polar surface area (TPSA) is 51.2 Å². The number of carbonyl (C=O) groups is 1. The third-order valence-corrected chi connectivity index (χ3v) is 6.65. The van der Waals surface area contributed by atoms with Crippen LogP contribution in [0.2, 0.25) is 0 Å². The zero-order chi connectivity index (χ0) is 29.3. The Hall–Kier alpha value is -3.31. The Kier molecular flexibility index (Phi) is 8.86. The van der Waals surface area contributed by atoms with Crippen LogP contribution in [0.3, 0.4) is 0 Å². The summed E-state index contributed by atoms with van der Waals surface area (Å²) in [6.07, 6.45) is -10.6. The first kappa shape index (κ1) is 30.2. The van der Waals surface area contributed by atoms with Crippen molar-refractivity contribution in [3.05, 3.63) is 52.6 Å². The molecule has 0 aromatic heterocycles. The van der Waals surface area contributed by atoms with Gasteiger partial charge in [-0.3, -0.25) is 4.90 Å².